The highest BCUT2D eigenvalue weighted by Gasteiger charge is 2.08. The molecule has 0 bridgehead atoms. The number of ether oxygens (including phenoxy) is 1. The number of benzene rings is 1. The van der Waals surface area contributed by atoms with Crippen molar-refractivity contribution in [2.45, 2.75) is 12.6 Å². The summed E-state index contributed by atoms with van der Waals surface area (Å²) in [6.45, 7) is 0.260. The Morgan fingerprint density at radius 3 is 2.87 bits per heavy atom. The first-order chi connectivity index (χ1) is 11.1. The fraction of sp³-hybridized carbons (Fsp3) is 0.250. The van der Waals surface area contributed by atoms with Crippen LogP contribution in [0, 0.1) is 5.82 Å². The Balaban J connectivity index is 1.63. The lowest BCUT2D eigenvalue weighted by Gasteiger charge is -2.13. The summed E-state index contributed by atoms with van der Waals surface area (Å²) in [4.78, 5) is 15.7. The molecule has 1 atom stereocenters. The molecule has 2 amide bonds. The zero-order chi connectivity index (χ0) is 16.5. The van der Waals surface area contributed by atoms with Crippen molar-refractivity contribution in [1.29, 1.82) is 0 Å². The van der Waals surface area contributed by atoms with Gasteiger partial charge in [-0.1, -0.05) is 12.1 Å². The van der Waals surface area contributed by atoms with E-state index in [4.69, 9.17) is 4.74 Å². The number of pyridine rings is 1. The lowest BCUT2D eigenvalue weighted by molar-refractivity contribution is 0.107. The van der Waals surface area contributed by atoms with Crippen molar-refractivity contribution in [2.24, 2.45) is 0 Å². The largest absolute Gasteiger partial charge is 0.491 e. The van der Waals surface area contributed by atoms with Gasteiger partial charge in [-0.15, -0.1) is 0 Å². The second-order valence-electron chi connectivity index (χ2n) is 4.81. The zero-order valence-electron chi connectivity index (χ0n) is 12.4. The SMILES string of the molecule is O=C(NCc1ccccn1)NC[C@H](O)COc1cccc(F)c1. The molecule has 0 radical (unpaired) electrons. The average molecular weight is 319 g/mol. The Labute approximate surface area is 133 Å². The molecule has 7 heteroatoms. The second kappa shape index (κ2) is 8.70. The summed E-state index contributed by atoms with van der Waals surface area (Å²) in [5.74, 6) is -0.0901. The predicted octanol–water partition coefficient (Wildman–Crippen LogP) is 1.46. The standard InChI is InChI=1S/C16H18FN3O3/c17-12-4-3-6-15(8-12)23-11-14(21)10-20-16(22)19-9-13-5-1-2-7-18-13/h1-8,14,21H,9-11H2,(H2,19,20,22)/t14-/m0/s1. The molecule has 0 aliphatic rings. The number of nitrogens with zero attached hydrogens (tertiary/aromatic N) is 1. The number of aliphatic hydroxyl groups is 1. The van der Waals surface area contributed by atoms with Crippen molar-refractivity contribution in [3.8, 4) is 5.75 Å². The third-order valence-corrected chi connectivity index (χ3v) is 2.89. The highest BCUT2D eigenvalue weighted by molar-refractivity contribution is 5.73. The molecule has 0 saturated carbocycles. The monoisotopic (exact) mass is 319 g/mol. The summed E-state index contributed by atoms with van der Waals surface area (Å²) >= 11 is 0. The minimum absolute atomic E-state index is 0.0172. The van der Waals surface area contributed by atoms with Crippen LogP contribution in [0.1, 0.15) is 5.69 Å². The maximum absolute atomic E-state index is 13.0. The van der Waals surface area contributed by atoms with Gasteiger partial charge in [0.1, 0.15) is 24.3 Å². The Kier molecular flexibility index (Phi) is 6.31. The smallest absolute Gasteiger partial charge is 0.315 e. The molecular weight excluding hydrogens is 301 g/mol. The first-order valence-corrected chi connectivity index (χ1v) is 7.11. The molecule has 2 aromatic rings. The number of rotatable bonds is 7. The molecule has 0 aliphatic carbocycles. The number of aliphatic hydroxyl groups excluding tert-OH is 1. The van der Waals surface area contributed by atoms with Crippen LogP contribution in [0.3, 0.4) is 0 Å². The number of hydrogen-bond acceptors (Lipinski definition) is 4. The van der Waals surface area contributed by atoms with Crippen molar-refractivity contribution in [1.82, 2.24) is 15.6 Å². The van der Waals surface area contributed by atoms with Gasteiger partial charge < -0.3 is 20.5 Å². The normalized spacial score (nSPS) is 11.6. The van der Waals surface area contributed by atoms with Gasteiger partial charge in [0.2, 0.25) is 0 Å². The topological polar surface area (TPSA) is 83.5 Å². The van der Waals surface area contributed by atoms with Gasteiger partial charge in [-0.05, 0) is 24.3 Å². The first-order valence-electron chi connectivity index (χ1n) is 7.11. The van der Waals surface area contributed by atoms with E-state index in [0.717, 1.165) is 5.69 Å². The van der Waals surface area contributed by atoms with E-state index in [0.29, 0.717) is 12.3 Å². The number of carbonyl (C=O) groups excluding carboxylic acids is 1. The molecule has 6 nitrogen and oxygen atoms in total. The minimum atomic E-state index is -0.904. The molecule has 23 heavy (non-hydrogen) atoms. The first kappa shape index (κ1) is 16.7. The predicted molar refractivity (Wildman–Crippen MR) is 82.4 cm³/mol. The molecular formula is C16H18FN3O3. The van der Waals surface area contributed by atoms with Gasteiger partial charge in [-0.2, -0.15) is 0 Å². The zero-order valence-corrected chi connectivity index (χ0v) is 12.4. The van der Waals surface area contributed by atoms with Gasteiger partial charge >= 0.3 is 6.03 Å². The van der Waals surface area contributed by atoms with Crippen molar-refractivity contribution >= 4 is 6.03 Å². The third kappa shape index (κ3) is 6.31. The summed E-state index contributed by atoms with van der Waals surface area (Å²) in [5, 5.41) is 14.9. The quantitative estimate of drug-likeness (QED) is 0.721. The van der Waals surface area contributed by atoms with E-state index in [-0.39, 0.29) is 13.2 Å². The molecule has 0 spiro atoms. The van der Waals surface area contributed by atoms with Crippen LogP contribution in [0.15, 0.2) is 48.7 Å². The second-order valence-corrected chi connectivity index (χ2v) is 4.81. The number of nitrogens with one attached hydrogen (secondary N) is 2. The van der Waals surface area contributed by atoms with E-state index < -0.39 is 18.0 Å². The Morgan fingerprint density at radius 1 is 1.26 bits per heavy atom. The van der Waals surface area contributed by atoms with Crippen LogP contribution in [0.5, 0.6) is 5.75 Å². The highest BCUT2D eigenvalue weighted by atomic mass is 19.1. The number of hydrogen-bond donors (Lipinski definition) is 3. The number of halogens is 1. The molecule has 3 N–H and O–H groups in total. The van der Waals surface area contributed by atoms with E-state index >= 15 is 0 Å². The third-order valence-electron chi connectivity index (χ3n) is 2.89. The van der Waals surface area contributed by atoms with E-state index in [1.54, 1.807) is 24.4 Å². The lowest BCUT2D eigenvalue weighted by Crippen LogP contribution is -2.41. The number of amides is 2. The molecule has 1 aromatic heterocycles. The Hall–Kier alpha value is -2.67. The molecule has 0 saturated heterocycles. The molecule has 1 heterocycles. The van der Waals surface area contributed by atoms with E-state index in [1.807, 2.05) is 6.07 Å². The molecule has 122 valence electrons. The molecule has 0 fully saturated rings. The van der Waals surface area contributed by atoms with Crippen LogP contribution in [0.2, 0.25) is 0 Å². The maximum Gasteiger partial charge on any atom is 0.315 e. The van der Waals surface area contributed by atoms with Crippen LogP contribution < -0.4 is 15.4 Å². The van der Waals surface area contributed by atoms with Crippen molar-refractivity contribution in [3.63, 3.8) is 0 Å². The van der Waals surface area contributed by atoms with E-state index in [2.05, 4.69) is 15.6 Å². The Bertz CT molecular complexity index is 625. The van der Waals surface area contributed by atoms with Crippen LogP contribution in [0.25, 0.3) is 0 Å². The fourth-order valence-electron chi connectivity index (χ4n) is 1.75. The molecule has 1 aromatic carbocycles. The van der Waals surface area contributed by atoms with Gasteiger partial charge in [0, 0.05) is 18.8 Å². The summed E-state index contributed by atoms with van der Waals surface area (Å²) < 4.78 is 18.2. The van der Waals surface area contributed by atoms with Crippen LogP contribution >= 0.6 is 0 Å². The van der Waals surface area contributed by atoms with Crippen molar-refractivity contribution in [3.05, 3.63) is 60.2 Å². The fourth-order valence-corrected chi connectivity index (χ4v) is 1.75. The summed E-state index contributed by atoms with van der Waals surface area (Å²) in [7, 11) is 0. The average Bonchev–Trinajstić information content (AvgIpc) is 2.57. The summed E-state index contributed by atoms with van der Waals surface area (Å²) in [6, 6.07) is 10.6. The van der Waals surface area contributed by atoms with Gasteiger partial charge in [0.25, 0.3) is 0 Å². The number of urea groups is 1. The Morgan fingerprint density at radius 2 is 2.13 bits per heavy atom. The van der Waals surface area contributed by atoms with Crippen molar-refractivity contribution < 1.29 is 19.0 Å². The van der Waals surface area contributed by atoms with E-state index in [1.165, 1.54) is 18.2 Å². The van der Waals surface area contributed by atoms with Gasteiger partial charge in [0.05, 0.1) is 12.2 Å². The van der Waals surface area contributed by atoms with Gasteiger partial charge in [-0.25, -0.2) is 9.18 Å². The van der Waals surface area contributed by atoms with E-state index in [9.17, 15) is 14.3 Å². The number of carbonyl (C=O) groups is 1. The molecule has 0 aliphatic heterocycles. The molecule has 0 unspecified atom stereocenters. The van der Waals surface area contributed by atoms with Crippen LogP contribution in [0.4, 0.5) is 9.18 Å². The summed E-state index contributed by atoms with van der Waals surface area (Å²) in [6.07, 6.45) is 0.737. The van der Waals surface area contributed by atoms with Crippen LogP contribution in [-0.4, -0.2) is 35.4 Å². The minimum Gasteiger partial charge on any atom is -0.491 e. The van der Waals surface area contributed by atoms with Crippen molar-refractivity contribution in [2.75, 3.05) is 13.2 Å². The van der Waals surface area contributed by atoms with Gasteiger partial charge in [0.15, 0.2) is 0 Å². The maximum atomic E-state index is 13.0. The van der Waals surface area contributed by atoms with Crippen LogP contribution in [-0.2, 0) is 6.54 Å². The molecule has 2 rings (SSSR count). The summed E-state index contributed by atoms with van der Waals surface area (Å²) in [5.41, 5.74) is 0.734. The lowest BCUT2D eigenvalue weighted by atomic mass is 10.3. The number of aromatic nitrogens is 1. The highest BCUT2D eigenvalue weighted by Crippen LogP contribution is 2.11. The van der Waals surface area contributed by atoms with Gasteiger partial charge in [-0.3, -0.25) is 4.98 Å².